The summed E-state index contributed by atoms with van der Waals surface area (Å²) in [7, 11) is 3.00. The number of methoxy groups -OCH3 is 2. The number of nitrogens with zero attached hydrogens (tertiary/aromatic N) is 1. The highest BCUT2D eigenvalue weighted by Crippen LogP contribution is 2.38. The molecule has 222 valence electrons. The summed E-state index contributed by atoms with van der Waals surface area (Å²) < 4.78 is 45.5. The van der Waals surface area contributed by atoms with Crippen molar-refractivity contribution in [2.24, 2.45) is 0 Å². The minimum absolute atomic E-state index is 0.0771. The van der Waals surface area contributed by atoms with Crippen LogP contribution in [0.2, 0.25) is 0 Å². The standard InChI is InChI=1S/C32H29F2N3O6/c1-18(24(19(2)39)16-35-17-38)31(20-5-7-21(33)8-6-20)32(40)37-22-9-10-28(25(34)13-22)43-27-11-12-36-26-15-30(42-4)29(41-3)14-23(26)27/h5-17,19,39H,1-4H3,(H,35,38)(H,37,40)/b24-16+,31-18+. The van der Waals surface area contributed by atoms with Crippen LogP contribution in [0.4, 0.5) is 14.5 Å². The minimum Gasteiger partial charge on any atom is -0.493 e. The average Bonchev–Trinajstić information content (AvgIpc) is 2.99. The molecule has 0 fully saturated rings. The average molecular weight is 590 g/mol. The number of benzene rings is 3. The first-order valence-corrected chi connectivity index (χ1v) is 13.0. The molecule has 1 unspecified atom stereocenters. The molecule has 0 saturated carbocycles. The Morgan fingerprint density at radius 2 is 1.65 bits per heavy atom. The SMILES string of the molecule is COc1cc2nccc(Oc3ccc(NC(=O)/C(=C(C)/C(=C\NC=O)C(C)O)c4ccc(F)cc4)cc3F)c2cc1OC. The second-order valence-electron chi connectivity index (χ2n) is 9.30. The second kappa shape index (κ2) is 13.6. The molecule has 3 N–H and O–H groups in total. The highest BCUT2D eigenvalue weighted by Gasteiger charge is 2.21. The van der Waals surface area contributed by atoms with E-state index in [2.05, 4.69) is 15.6 Å². The molecule has 11 heteroatoms. The number of nitrogens with one attached hydrogen (secondary N) is 2. The number of aromatic nitrogens is 1. The molecular weight excluding hydrogens is 560 g/mol. The van der Waals surface area contributed by atoms with E-state index in [1.165, 1.54) is 69.9 Å². The molecule has 9 nitrogen and oxygen atoms in total. The number of pyridine rings is 1. The lowest BCUT2D eigenvalue weighted by atomic mass is 9.93. The summed E-state index contributed by atoms with van der Waals surface area (Å²) in [5.74, 6) is -0.783. The van der Waals surface area contributed by atoms with E-state index in [0.29, 0.717) is 45.7 Å². The zero-order valence-electron chi connectivity index (χ0n) is 23.8. The first-order chi connectivity index (χ1) is 20.7. The maximum atomic E-state index is 15.3. The fourth-order valence-corrected chi connectivity index (χ4v) is 4.45. The number of amides is 2. The number of fused-ring (bicyclic) bond motifs is 1. The number of anilines is 1. The van der Waals surface area contributed by atoms with Crippen molar-refractivity contribution in [2.45, 2.75) is 20.0 Å². The molecule has 4 aromatic rings. The smallest absolute Gasteiger partial charge is 0.256 e. The molecule has 4 rings (SSSR count). The van der Waals surface area contributed by atoms with Gasteiger partial charge in [0.05, 0.1) is 31.4 Å². The number of carbonyl (C=O) groups is 2. The molecule has 1 atom stereocenters. The van der Waals surface area contributed by atoms with Crippen molar-refractivity contribution in [3.8, 4) is 23.0 Å². The summed E-state index contributed by atoms with van der Waals surface area (Å²) in [6.07, 6.45) is 2.14. The van der Waals surface area contributed by atoms with Crippen LogP contribution in [0.15, 0.2) is 84.2 Å². The Kier molecular flexibility index (Phi) is 9.68. The van der Waals surface area contributed by atoms with E-state index in [9.17, 15) is 19.1 Å². The molecule has 0 bridgehead atoms. The fraction of sp³-hybridized carbons (Fsp3) is 0.156. The van der Waals surface area contributed by atoms with Crippen LogP contribution in [-0.4, -0.2) is 42.7 Å². The van der Waals surface area contributed by atoms with Crippen molar-refractivity contribution in [1.29, 1.82) is 0 Å². The first kappa shape index (κ1) is 30.7. The van der Waals surface area contributed by atoms with Crippen LogP contribution < -0.4 is 24.8 Å². The van der Waals surface area contributed by atoms with Gasteiger partial charge in [-0.1, -0.05) is 12.1 Å². The van der Waals surface area contributed by atoms with Gasteiger partial charge in [-0.25, -0.2) is 8.78 Å². The van der Waals surface area contributed by atoms with E-state index in [4.69, 9.17) is 14.2 Å². The van der Waals surface area contributed by atoms with Crippen LogP contribution in [-0.2, 0) is 9.59 Å². The van der Waals surface area contributed by atoms with Gasteiger partial charge in [0.1, 0.15) is 11.6 Å². The minimum atomic E-state index is -1.06. The molecule has 0 aliphatic rings. The number of aliphatic hydroxyl groups is 1. The molecule has 0 spiro atoms. The topological polar surface area (TPSA) is 119 Å². The molecule has 1 heterocycles. The van der Waals surface area contributed by atoms with Gasteiger partial charge in [0.2, 0.25) is 6.41 Å². The molecule has 3 aromatic carbocycles. The maximum absolute atomic E-state index is 15.3. The van der Waals surface area contributed by atoms with Crippen molar-refractivity contribution in [3.63, 3.8) is 0 Å². The summed E-state index contributed by atoms with van der Waals surface area (Å²) in [5, 5.41) is 15.9. The van der Waals surface area contributed by atoms with Crippen molar-refractivity contribution in [2.75, 3.05) is 19.5 Å². The van der Waals surface area contributed by atoms with E-state index in [0.717, 1.165) is 6.07 Å². The van der Waals surface area contributed by atoms with Gasteiger partial charge >= 0.3 is 0 Å². The van der Waals surface area contributed by atoms with Crippen LogP contribution in [0.3, 0.4) is 0 Å². The van der Waals surface area contributed by atoms with E-state index in [-0.39, 0.29) is 22.6 Å². The van der Waals surface area contributed by atoms with E-state index in [1.54, 1.807) is 25.1 Å². The van der Waals surface area contributed by atoms with Crippen molar-refractivity contribution in [3.05, 3.63) is 101 Å². The van der Waals surface area contributed by atoms with Gasteiger partial charge < -0.3 is 30.0 Å². The van der Waals surface area contributed by atoms with Crippen LogP contribution in [0.1, 0.15) is 19.4 Å². The molecule has 0 aliphatic carbocycles. The summed E-state index contributed by atoms with van der Waals surface area (Å²) in [6.45, 7) is 3.04. The Labute approximate surface area is 246 Å². The lowest BCUT2D eigenvalue weighted by Gasteiger charge is -2.18. The van der Waals surface area contributed by atoms with E-state index < -0.39 is 23.6 Å². The highest BCUT2D eigenvalue weighted by atomic mass is 19.1. The zero-order valence-corrected chi connectivity index (χ0v) is 23.8. The largest absolute Gasteiger partial charge is 0.493 e. The molecule has 43 heavy (non-hydrogen) atoms. The van der Waals surface area contributed by atoms with Gasteiger partial charge in [-0.2, -0.15) is 0 Å². The number of hydrogen-bond acceptors (Lipinski definition) is 7. The zero-order chi connectivity index (χ0) is 31.1. The van der Waals surface area contributed by atoms with Crippen LogP contribution >= 0.6 is 0 Å². The third-order valence-corrected chi connectivity index (χ3v) is 6.54. The third kappa shape index (κ3) is 6.96. The van der Waals surface area contributed by atoms with E-state index >= 15 is 4.39 Å². The molecule has 0 aliphatic heterocycles. The summed E-state index contributed by atoms with van der Waals surface area (Å²) in [4.78, 5) is 28.7. The van der Waals surface area contributed by atoms with Gasteiger partial charge in [0.15, 0.2) is 23.1 Å². The van der Waals surface area contributed by atoms with Gasteiger partial charge in [-0.05, 0) is 61.4 Å². The summed E-state index contributed by atoms with van der Waals surface area (Å²) in [6, 6.07) is 14.0. The Bertz CT molecular complexity index is 1720. The Morgan fingerprint density at radius 1 is 0.953 bits per heavy atom. The third-order valence-electron chi connectivity index (χ3n) is 6.54. The Balaban J connectivity index is 1.66. The summed E-state index contributed by atoms with van der Waals surface area (Å²) in [5.41, 5.74) is 1.63. The van der Waals surface area contributed by atoms with Crippen LogP contribution in [0.25, 0.3) is 16.5 Å². The monoisotopic (exact) mass is 589 g/mol. The van der Waals surface area contributed by atoms with E-state index in [1.807, 2.05) is 0 Å². The maximum Gasteiger partial charge on any atom is 0.256 e. The fourth-order valence-electron chi connectivity index (χ4n) is 4.45. The van der Waals surface area contributed by atoms with Crippen molar-refractivity contribution < 1.29 is 37.7 Å². The molecule has 0 radical (unpaired) electrons. The second-order valence-corrected chi connectivity index (χ2v) is 9.30. The first-order valence-electron chi connectivity index (χ1n) is 13.0. The van der Waals surface area contributed by atoms with Gasteiger partial charge in [0.25, 0.3) is 5.91 Å². The van der Waals surface area contributed by atoms with Gasteiger partial charge in [-0.15, -0.1) is 0 Å². The lowest BCUT2D eigenvalue weighted by molar-refractivity contribution is -0.111. The molecule has 2 amide bonds. The number of ether oxygens (including phenoxy) is 3. The number of rotatable bonds is 11. The molecule has 0 saturated heterocycles. The van der Waals surface area contributed by atoms with Crippen molar-refractivity contribution in [1.82, 2.24) is 10.3 Å². The highest BCUT2D eigenvalue weighted by molar-refractivity contribution is 6.26. The quantitative estimate of drug-likeness (QED) is 0.116. The Hall–Kier alpha value is -5.29. The number of carbonyl (C=O) groups excluding carboxylic acids is 2. The summed E-state index contributed by atoms with van der Waals surface area (Å²) >= 11 is 0. The molecule has 1 aromatic heterocycles. The number of halogens is 2. The lowest BCUT2D eigenvalue weighted by Crippen LogP contribution is -2.19. The number of aliphatic hydroxyl groups excluding tert-OH is 1. The number of hydrogen-bond donors (Lipinski definition) is 3. The van der Waals surface area contributed by atoms with Crippen LogP contribution in [0, 0.1) is 11.6 Å². The van der Waals surface area contributed by atoms with Crippen LogP contribution in [0.5, 0.6) is 23.0 Å². The van der Waals surface area contributed by atoms with Gasteiger partial charge in [-0.3, -0.25) is 14.6 Å². The van der Waals surface area contributed by atoms with Gasteiger partial charge in [0, 0.05) is 41.2 Å². The predicted molar refractivity (Wildman–Crippen MR) is 158 cm³/mol. The Morgan fingerprint density at radius 3 is 2.28 bits per heavy atom. The van der Waals surface area contributed by atoms with Crippen molar-refractivity contribution >= 4 is 34.5 Å². The molecular formula is C32H29F2N3O6. The predicted octanol–water partition coefficient (Wildman–Crippen LogP) is 5.75. The normalized spacial score (nSPS) is 12.7.